The summed E-state index contributed by atoms with van der Waals surface area (Å²) >= 11 is 0. The van der Waals surface area contributed by atoms with E-state index in [9.17, 15) is 9.59 Å². The Morgan fingerprint density at radius 3 is 2.78 bits per heavy atom. The van der Waals surface area contributed by atoms with Crippen molar-refractivity contribution in [1.29, 1.82) is 0 Å². The maximum absolute atomic E-state index is 12.6. The lowest BCUT2D eigenvalue weighted by molar-refractivity contribution is -0.137. The van der Waals surface area contributed by atoms with Gasteiger partial charge in [0.1, 0.15) is 5.71 Å². The quantitative estimate of drug-likeness (QED) is 0.908. The molecule has 0 saturated carbocycles. The molecule has 2 unspecified atom stereocenters. The third-order valence-corrected chi connectivity index (χ3v) is 4.07. The molecule has 2 heterocycles. The van der Waals surface area contributed by atoms with Gasteiger partial charge in [0.25, 0.3) is 5.91 Å². The van der Waals surface area contributed by atoms with E-state index in [1.54, 1.807) is 4.90 Å². The highest BCUT2D eigenvalue weighted by atomic mass is 16.5. The van der Waals surface area contributed by atoms with Gasteiger partial charge in [-0.25, -0.2) is 5.43 Å². The molecular formula is C17H21N3O3. The fourth-order valence-electron chi connectivity index (χ4n) is 3.01. The number of nitrogens with zero attached hydrogens (tertiary/aromatic N) is 2. The van der Waals surface area contributed by atoms with E-state index in [0.29, 0.717) is 31.6 Å². The number of hydrazone groups is 1. The lowest BCUT2D eigenvalue weighted by Gasteiger charge is -2.37. The van der Waals surface area contributed by atoms with E-state index in [1.807, 2.05) is 25.1 Å². The molecule has 6 heteroatoms. The molecule has 2 aliphatic heterocycles. The maximum Gasteiger partial charge on any atom is 0.270 e. The summed E-state index contributed by atoms with van der Waals surface area (Å²) in [6, 6.07) is 10.1. The number of benzene rings is 1. The Morgan fingerprint density at radius 2 is 2.09 bits per heavy atom. The first-order valence-electron chi connectivity index (χ1n) is 7.96. The number of hydrogen-bond donors (Lipinski definition) is 1. The van der Waals surface area contributed by atoms with Crippen molar-refractivity contribution in [1.82, 2.24) is 10.3 Å². The molecule has 1 N–H and O–H groups in total. The van der Waals surface area contributed by atoms with Gasteiger partial charge in [-0.2, -0.15) is 5.10 Å². The van der Waals surface area contributed by atoms with Gasteiger partial charge in [0, 0.05) is 32.4 Å². The molecule has 0 aliphatic carbocycles. The highest BCUT2D eigenvalue weighted by Gasteiger charge is 2.31. The van der Waals surface area contributed by atoms with Gasteiger partial charge in [0.05, 0.1) is 12.2 Å². The molecule has 6 nitrogen and oxygen atoms in total. The molecule has 1 aromatic carbocycles. The smallest absolute Gasteiger partial charge is 0.270 e. The van der Waals surface area contributed by atoms with E-state index in [4.69, 9.17) is 4.74 Å². The molecule has 0 spiro atoms. The molecule has 3 rings (SSSR count). The normalized spacial score (nSPS) is 24.8. The van der Waals surface area contributed by atoms with Gasteiger partial charge in [-0.15, -0.1) is 0 Å². The number of nitrogens with one attached hydrogen (secondary N) is 1. The van der Waals surface area contributed by atoms with Crippen LogP contribution in [-0.2, 0) is 20.7 Å². The maximum atomic E-state index is 12.6. The van der Waals surface area contributed by atoms with Crippen molar-refractivity contribution in [3.05, 3.63) is 35.9 Å². The number of rotatable bonds is 3. The minimum atomic E-state index is -0.140. The summed E-state index contributed by atoms with van der Waals surface area (Å²) in [4.78, 5) is 25.5. The highest BCUT2D eigenvalue weighted by Crippen LogP contribution is 2.17. The van der Waals surface area contributed by atoms with Crippen LogP contribution < -0.4 is 5.43 Å². The van der Waals surface area contributed by atoms with Crippen molar-refractivity contribution in [2.24, 2.45) is 5.10 Å². The Morgan fingerprint density at radius 1 is 1.30 bits per heavy atom. The Kier molecular flexibility index (Phi) is 4.71. The molecule has 23 heavy (non-hydrogen) atoms. The molecule has 0 radical (unpaired) electrons. The van der Waals surface area contributed by atoms with E-state index < -0.39 is 0 Å². The van der Waals surface area contributed by atoms with E-state index in [-0.39, 0.29) is 24.0 Å². The van der Waals surface area contributed by atoms with Crippen LogP contribution in [0, 0.1) is 0 Å². The van der Waals surface area contributed by atoms with Crippen LogP contribution in [-0.4, -0.2) is 47.7 Å². The topological polar surface area (TPSA) is 71.0 Å². The summed E-state index contributed by atoms with van der Waals surface area (Å²) in [5.74, 6) is -0.239. The van der Waals surface area contributed by atoms with Gasteiger partial charge >= 0.3 is 0 Å². The van der Waals surface area contributed by atoms with Crippen LogP contribution in [0.1, 0.15) is 25.3 Å². The Balaban J connectivity index is 1.65. The molecular weight excluding hydrogens is 294 g/mol. The number of amides is 2. The third-order valence-electron chi connectivity index (χ3n) is 4.07. The average molecular weight is 315 g/mol. The molecule has 0 bridgehead atoms. The van der Waals surface area contributed by atoms with E-state index in [2.05, 4.69) is 22.7 Å². The summed E-state index contributed by atoms with van der Waals surface area (Å²) in [6.07, 6.45) is 1.46. The fraction of sp³-hybridized carbons (Fsp3) is 0.471. The Labute approximate surface area is 135 Å². The van der Waals surface area contributed by atoms with Crippen LogP contribution in [0.2, 0.25) is 0 Å². The minimum Gasteiger partial charge on any atom is -0.371 e. The van der Waals surface area contributed by atoms with Crippen molar-refractivity contribution >= 4 is 17.5 Å². The first-order valence-corrected chi connectivity index (χ1v) is 7.96. The average Bonchev–Trinajstić information content (AvgIpc) is 2.55. The number of carbonyl (C=O) groups excluding carboxylic acids is 2. The van der Waals surface area contributed by atoms with E-state index in [1.165, 1.54) is 5.56 Å². The zero-order valence-electron chi connectivity index (χ0n) is 13.2. The Hall–Kier alpha value is -2.21. The molecule has 2 atom stereocenters. The van der Waals surface area contributed by atoms with Gasteiger partial charge in [0.2, 0.25) is 5.91 Å². The van der Waals surface area contributed by atoms with Crippen LogP contribution in [0.15, 0.2) is 35.4 Å². The second-order valence-corrected chi connectivity index (χ2v) is 6.06. The molecule has 1 aromatic rings. The van der Waals surface area contributed by atoms with Gasteiger partial charge in [-0.05, 0) is 12.5 Å². The van der Waals surface area contributed by atoms with Crippen molar-refractivity contribution < 1.29 is 14.3 Å². The lowest BCUT2D eigenvalue weighted by atomic mass is 10.0. The van der Waals surface area contributed by atoms with Gasteiger partial charge in [-0.1, -0.05) is 30.3 Å². The van der Waals surface area contributed by atoms with Crippen LogP contribution in [0.25, 0.3) is 0 Å². The summed E-state index contributed by atoms with van der Waals surface area (Å²) in [6.45, 7) is 3.07. The molecule has 2 aliphatic rings. The monoisotopic (exact) mass is 315 g/mol. The van der Waals surface area contributed by atoms with Gasteiger partial charge in [0.15, 0.2) is 0 Å². The van der Waals surface area contributed by atoms with Crippen LogP contribution in [0.3, 0.4) is 0 Å². The third kappa shape index (κ3) is 3.96. The second kappa shape index (κ2) is 6.91. The van der Waals surface area contributed by atoms with Crippen molar-refractivity contribution in [2.45, 2.75) is 38.4 Å². The number of carbonyl (C=O) groups is 2. The largest absolute Gasteiger partial charge is 0.371 e. The first kappa shape index (κ1) is 15.7. The predicted molar refractivity (Wildman–Crippen MR) is 85.9 cm³/mol. The SMILES string of the molecule is CC1CN(C(=O)C2=NNC(=O)CC2)CC(Cc2ccccc2)O1. The van der Waals surface area contributed by atoms with E-state index in [0.717, 1.165) is 6.42 Å². The van der Waals surface area contributed by atoms with Crippen LogP contribution in [0.4, 0.5) is 0 Å². The minimum absolute atomic E-state index is 0.0137. The highest BCUT2D eigenvalue weighted by molar-refractivity contribution is 6.39. The standard InChI is InChI=1S/C17H21N3O3/c1-12-10-20(17(22)15-7-8-16(21)19-18-15)11-14(23-12)9-13-5-3-2-4-6-13/h2-6,12,14H,7-11H2,1H3,(H,19,21). The summed E-state index contributed by atoms with van der Waals surface area (Å²) in [5.41, 5.74) is 4.01. The number of hydrogen-bond acceptors (Lipinski definition) is 4. The molecule has 1 fully saturated rings. The summed E-state index contributed by atoms with van der Waals surface area (Å²) in [7, 11) is 0. The van der Waals surface area contributed by atoms with Crippen molar-refractivity contribution in [2.75, 3.05) is 13.1 Å². The fourth-order valence-corrected chi connectivity index (χ4v) is 3.01. The molecule has 0 aromatic heterocycles. The van der Waals surface area contributed by atoms with Crippen molar-refractivity contribution in [3.63, 3.8) is 0 Å². The number of morpholine rings is 1. The van der Waals surface area contributed by atoms with Gasteiger partial charge < -0.3 is 9.64 Å². The summed E-state index contributed by atoms with van der Waals surface area (Å²) in [5, 5.41) is 3.90. The zero-order chi connectivity index (χ0) is 16.2. The van der Waals surface area contributed by atoms with E-state index >= 15 is 0 Å². The Bertz CT molecular complexity index is 615. The van der Waals surface area contributed by atoms with Crippen molar-refractivity contribution in [3.8, 4) is 0 Å². The van der Waals surface area contributed by atoms with Crippen LogP contribution in [0.5, 0.6) is 0 Å². The molecule has 2 amide bonds. The van der Waals surface area contributed by atoms with Gasteiger partial charge in [-0.3, -0.25) is 9.59 Å². The molecule has 1 saturated heterocycles. The summed E-state index contributed by atoms with van der Waals surface area (Å²) < 4.78 is 5.97. The number of ether oxygens (including phenoxy) is 1. The van der Waals surface area contributed by atoms with Crippen LogP contribution >= 0.6 is 0 Å². The molecule has 122 valence electrons. The zero-order valence-corrected chi connectivity index (χ0v) is 13.2. The predicted octanol–water partition coefficient (Wildman–Crippen LogP) is 1.11. The first-order chi connectivity index (χ1) is 11.1. The lowest BCUT2D eigenvalue weighted by Crippen LogP contribution is -2.52. The second-order valence-electron chi connectivity index (χ2n) is 6.06.